The summed E-state index contributed by atoms with van der Waals surface area (Å²) in [5, 5.41) is 15.1. The second-order valence-electron chi connectivity index (χ2n) is 8.96. The molecule has 2 amide bonds. The van der Waals surface area contributed by atoms with Crippen LogP contribution in [-0.2, 0) is 13.0 Å². The third-order valence-electron chi connectivity index (χ3n) is 6.23. The van der Waals surface area contributed by atoms with Crippen LogP contribution in [0.4, 0.5) is 29.9 Å². The van der Waals surface area contributed by atoms with Crippen molar-refractivity contribution in [2.75, 3.05) is 25.5 Å². The molecule has 194 valence electrons. The van der Waals surface area contributed by atoms with Crippen LogP contribution in [0.1, 0.15) is 29.2 Å². The molecule has 1 aliphatic heterocycles. The fourth-order valence-electron chi connectivity index (χ4n) is 4.63. The van der Waals surface area contributed by atoms with Crippen molar-refractivity contribution >= 4 is 21.9 Å². The molecule has 0 radical (unpaired) electrons. The molecule has 4 rings (SSSR count). The monoisotopic (exact) mass is 522 g/mol. The van der Waals surface area contributed by atoms with Crippen molar-refractivity contribution in [2.24, 2.45) is 5.73 Å². The van der Waals surface area contributed by atoms with Crippen LogP contribution >= 0.6 is 10.2 Å². The van der Waals surface area contributed by atoms with Gasteiger partial charge in [0, 0.05) is 37.7 Å². The zero-order chi connectivity index (χ0) is 25.7. The summed E-state index contributed by atoms with van der Waals surface area (Å²) in [5.41, 5.74) is 6.62. The Bertz CT molecular complexity index is 1150. The van der Waals surface area contributed by atoms with Crippen molar-refractivity contribution in [3.63, 3.8) is 0 Å². The lowest BCUT2D eigenvalue weighted by molar-refractivity contribution is 0.144. The summed E-state index contributed by atoms with van der Waals surface area (Å²) in [6.45, 7) is 0.739. The van der Waals surface area contributed by atoms with Gasteiger partial charge in [-0.3, -0.25) is 4.90 Å². The Balaban J connectivity index is 1.66. The summed E-state index contributed by atoms with van der Waals surface area (Å²) in [7, 11) is -8.91. The van der Waals surface area contributed by atoms with E-state index in [9.17, 15) is 29.3 Å². The van der Waals surface area contributed by atoms with Crippen LogP contribution in [0.2, 0.25) is 0 Å². The molecule has 5 N–H and O–H groups in total. The molecule has 2 aromatic carbocycles. The number of nitrogens with two attached hydrogens (primary N) is 1. The third kappa shape index (κ3) is 5.63. The minimum atomic E-state index is -10.1. The summed E-state index contributed by atoms with van der Waals surface area (Å²) < 4.78 is 74.1. The highest BCUT2D eigenvalue weighted by atomic mass is 32.5. The molecular formula is C22H27F5N4O3S. The summed E-state index contributed by atoms with van der Waals surface area (Å²) >= 11 is 0. The number of fused-ring (bicyclic) bond motifs is 1. The largest absolute Gasteiger partial charge is 0.494 e. The number of halogens is 5. The number of aliphatic hydroxyl groups excluding tert-OH is 1. The van der Waals surface area contributed by atoms with Gasteiger partial charge >= 0.3 is 16.3 Å². The first-order valence-electron chi connectivity index (χ1n) is 10.9. The van der Waals surface area contributed by atoms with Crippen molar-refractivity contribution in [1.82, 2.24) is 10.2 Å². The lowest BCUT2D eigenvalue weighted by Gasteiger charge is -2.41. The summed E-state index contributed by atoms with van der Waals surface area (Å²) in [6.07, 6.45) is -0.0554. The van der Waals surface area contributed by atoms with E-state index in [-0.39, 0.29) is 36.4 Å². The second kappa shape index (κ2) is 8.22. The van der Waals surface area contributed by atoms with Gasteiger partial charge in [0.15, 0.2) is 0 Å². The van der Waals surface area contributed by atoms with Crippen molar-refractivity contribution in [3.05, 3.63) is 53.1 Å². The van der Waals surface area contributed by atoms with Crippen molar-refractivity contribution in [3.8, 4) is 5.75 Å². The molecule has 0 aromatic heterocycles. The van der Waals surface area contributed by atoms with Gasteiger partial charge in [-0.2, -0.15) is 0 Å². The number of methoxy groups -OCH3 is 1. The molecule has 1 aliphatic carbocycles. The number of nitrogens with zero attached hydrogens (tertiary/aromatic N) is 1. The van der Waals surface area contributed by atoms with Gasteiger partial charge in [0.05, 0.1) is 24.9 Å². The molecule has 7 nitrogen and oxygen atoms in total. The molecule has 3 atom stereocenters. The van der Waals surface area contributed by atoms with Crippen molar-refractivity contribution < 1.29 is 34.1 Å². The Morgan fingerprint density at radius 1 is 1.23 bits per heavy atom. The van der Waals surface area contributed by atoms with E-state index in [1.165, 1.54) is 7.11 Å². The van der Waals surface area contributed by atoms with Crippen LogP contribution < -0.4 is 21.1 Å². The molecule has 2 aromatic rings. The molecule has 2 aliphatic rings. The van der Waals surface area contributed by atoms with Gasteiger partial charge < -0.3 is 26.2 Å². The number of hydrogen-bond acceptors (Lipinski definition) is 5. The molecule has 13 heteroatoms. The highest BCUT2D eigenvalue weighted by Gasteiger charge is 2.65. The fourth-order valence-corrected chi connectivity index (χ4v) is 5.33. The summed E-state index contributed by atoms with van der Waals surface area (Å²) in [4.78, 5) is 12.3. The minimum absolute atomic E-state index is 0.121. The van der Waals surface area contributed by atoms with Crippen LogP contribution in [0.15, 0.2) is 41.3 Å². The number of anilines is 1. The van der Waals surface area contributed by atoms with Crippen LogP contribution in [0.5, 0.6) is 5.75 Å². The van der Waals surface area contributed by atoms with Gasteiger partial charge in [-0.25, -0.2) is 4.79 Å². The Hall–Kier alpha value is -2.61. The first-order chi connectivity index (χ1) is 16.1. The number of ether oxygens (including phenoxy) is 1. The van der Waals surface area contributed by atoms with E-state index in [0.717, 1.165) is 5.56 Å². The first-order valence-corrected chi connectivity index (χ1v) is 12.9. The molecule has 1 heterocycles. The average molecular weight is 523 g/mol. The maximum Gasteiger partial charge on any atom is 0.319 e. The molecule has 1 saturated heterocycles. The second-order valence-corrected chi connectivity index (χ2v) is 11.4. The van der Waals surface area contributed by atoms with Crippen molar-refractivity contribution in [2.45, 2.75) is 42.5 Å². The third-order valence-corrected chi connectivity index (χ3v) is 7.36. The number of benzene rings is 2. The average Bonchev–Trinajstić information content (AvgIpc) is 3.28. The van der Waals surface area contributed by atoms with E-state index in [1.807, 2.05) is 0 Å². The Kier molecular flexibility index (Phi) is 5.98. The predicted octanol–water partition coefficient (Wildman–Crippen LogP) is 4.67. The number of aliphatic hydroxyl groups is 1. The zero-order valence-electron chi connectivity index (χ0n) is 18.8. The molecule has 35 heavy (non-hydrogen) atoms. The van der Waals surface area contributed by atoms with Gasteiger partial charge in [-0.1, -0.05) is 43.7 Å². The van der Waals surface area contributed by atoms with Gasteiger partial charge in [0.25, 0.3) is 0 Å². The number of amides is 2. The normalized spacial score (nSPS) is 24.4. The number of urea groups is 1. The van der Waals surface area contributed by atoms with E-state index in [2.05, 4.69) is 10.6 Å². The van der Waals surface area contributed by atoms with E-state index in [0.29, 0.717) is 31.1 Å². The molecule has 0 bridgehead atoms. The fraction of sp³-hybridized carbons (Fsp3) is 0.409. The Labute approximate surface area is 199 Å². The number of rotatable bonds is 6. The molecule has 0 spiro atoms. The van der Waals surface area contributed by atoms with Crippen LogP contribution in [0, 0.1) is 0 Å². The predicted molar refractivity (Wildman–Crippen MR) is 123 cm³/mol. The SMILES string of the molecule is COc1c(CN2CC[C@@H](N)C2)cc(S(F)(F)(F)(F)F)cc1NC(=O)N[C@@H]1c2ccccc2C[C@@H]1O. The lowest BCUT2D eigenvalue weighted by Crippen LogP contribution is -2.37. The maximum atomic E-state index is 13.8. The topological polar surface area (TPSA) is 99.9 Å². The molecule has 0 unspecified atom stereocenters. The van der Waals surface area contributed by atoms with Crippen LogP contribution in [0.3, 0.4) is 0 Å². The number of likely N-dealkylation sites (tertiary alicyclic amines) is 1. The Morgan fingerprint density at radius 2 is 1.94 bits per heavy atom. The number of nitrogens with one attached hydrogen (secondary N) is 2. The summed E-state index contributed by atoms with van der Waals surface area (Å²) in [6, 6.07) is 5.58. The number of carbonyl (C=O) groups is 1. The van der Waals surface area contributed by atoms with E-state index < -0.39 is 39.0 Å². The number of hydrogen-bond donors (Lipinski definition) is 4. The highest BCUT2D eigenvalue weighted by molar-refractivity contribution is 8.45. The molecule has 1 fully saturated rings. The highest BCUT2D eigenvalue weighted by Crippen LogP contribution is 3.02. The Morgan fingerprint density at radius 3 is 2.57 bits per heavy atom. The summed E-state index contributed by atoms with van der Waals surface area (Å²) in [5.74, 6) is -0.168. The smallest absolute Gasteiger partial charge is 0.319 e. The molecule has 0 saturated carbocycles. The van der Waals surface area contributed by atoms with Gasteiger partial charge in [0.1, 0.15) is 10.6 Å². The van der Waals surface area contributed by atoms with Crippen LogP contribution in [-0.4, -0.2) is 48.4 Å². The van der Waals surface area contributed by atoms with Gasteiger partial charge in [-0.15, -0.1) is 0 Å². The van der Waals surface area contributed by atoms with Crippen molar-refractivity contribution in [1.29, 1.82) is 0 Å². The lowest BCUT2D eigenvalue weighted by atomic mass is 10.1. The minimum Gasteiger partial charge on any atom is -0.494 e. The van der Waals surface area contributed by atoms with E-state index in [1.54, 1.807) is 29.2 Å². The zero-order valence-corrected chi connectivity index (χ0v) is 19.6. The number of carbonyl (C=O) groups excluding carboxylic acids is 1. The maximum absolute atomic E-state index is 13.8. The van der Waals surface area contributed by atoms with Gasteiger partial charge in [0.2, 0.25) is 0 Å². The van der Waals surface area contributed by atoms with E-state index >= 15 is 0 Å². The van der Waals surface area contributed by atoms with Gasteiger partial charge in [-0.05, 0) is 29.7 Å². The standard InChI is InChI=1S/C22H27F5N4O3S/c1-34-21-14(11-31-7-6-15(28)12-31)8-16(35(23,24,25,26)27)10-18(21)29-22(33)30-20-17-5-3-2-4-13(17)9-19(20)32/h2-5,8,10,15,19-20,32H,6-7,9,11-12,28H2,1H3,(H2,29,30,33)/t15-,19+,20-/m1/s1. The molecular weight excluding hydrogens is 495 g/mol. The van der Waals surface area contributed by atoms with Crippen LogP contribution in [0.25, 0.3) is 0 Å². The van der Waals surface area contributed by atoms with E-state index in [4.69, 9.17) is 10.5 Å². The quantitative estimate of drug-likeness (QED) is 0.414. The first kappa shape index (κ1) is 25.5.